The van der Waals surface area contributed by atoms with Gasteiger partial charge in [-0.25, -0.2) is 5.84 Å². The van der Waals surface area contributed by atoms with Gasteiger partial charge in [0.15, 0.2) is 6.61 Å². The van der Waals surface area contributed by atoms with Crippen LogP contribution in [-0.2, 0) is 4.79 Å². The van der Waals surface area contributed by atoms with Gasteiger partial charge in [0, 0.05) is 6.20 Å². The molecule has 1 aromatic rings. The van der Waals surface area contributed by atoms with E-state index in [0.29, 0.717) is 5.75 Å². The predicted molar refractivity (Wildman–Crippen MR) is 42.1 cm³/mol. The lowest BCUT2D eigenvalue weighted by molar-refractivity contribution is -0.123. The number of hydrogen-bond donors (Lipinski definition) is 2. The summed E-state index contributed by atoms with van der Waals surface area (Å²) in [4.78, 5) is 14.4. The van der Waals surface area contributed by atoms with Crippen LogP contribution in [0.1, 0.15) is 0 Å². The zero-order valence-electron chi connectivity index (χ0n) is 6.36. The molecule has 1 heterocycles. The Morgan fingerprint density at radius 1 is 1.75 bits per heavy atom. The van der Waals surface area contributed by atoms with E-state index in [1.807, 2.05) is 5.43 Å². The normalized spacial score (nSPS) is 9.08. The molecule has 0 unspecified atom stereocenters. The van der Waals surface area contributed by atoms with Crippen molar-refractivity contribution in [1.29, 1.82) is 0 Å². The molecule has 0 bridgehead atoms. The van der Waals surface area contributed by atoms with Gasteiger partial charge in [0.2, 0.25) is 0 Å². The summed E-state index contributed by atoms with van der Waals surface area (Å²) in [5.41, 5.74) is 1.95. The van der Waals surface area contributed by atoms with E-state index < -0.39 is 0 Å². The number of aromatic nitrogens is 1. The van der Waals surface area contributed by atoms with Crippen molar-refractivity contribution in [3.63, 3.8) is 0 Å². The lowest BCUT2D eigenvalue weighted by Gasteiger charge is -2.02. The Morgan fingerprint density at radius 3 is 3.17 bits per heavy atom. The molecule has 12 heavy (non-hydrogen) atoms. The minimum absolute atomic E-state index is 0.0950. The van der Waals surface area contributed by atoms with Gasteiger partial charge in [-0.2, -0.15) is 0 Å². The minimum Gasteiger partial charge on any atom is -0.482 e. The lowest BCUT2D eigenvalue weighted by atomic mass is 10.5. The Balaban J connectivity index is 2.38. The molecule has 64 valence electrons. The Bertz CT molecular complexity index is 250. The third kappa shape index (κ3) is 2.55. The summed E-state index contributed by atoms with van der Waals surface area (Å²) in [7, 11) is 0. The first-order valence-electron chi connectivity index (χ1n) is 3.35. The highest BCUT2D eigenvalue weighted by atomic mass is 16.5. The fraction of sp³-hybridized carbons (Fsp3) is 0.143. The Hall–Kier alpha value is -1.62. The zero-order valence-corrected chi connectivity index (χ0v) is 6.36. The molecule has 0 fully saturated rings. The molecule has 0 atom stereocenters. The largest absolute Gasteiger partial charge is 0.482 e. The van der Waals surface area contributed by atoms with E-state index in [-0.39, 0.29) is 12.5 Å². The van der Waals surface area contributed by atoms with Crippen LogP contribution >= 0.6 is 0 Å². The van der Waals surface area contributed by atoms with Gasteiger partial charge >= 0.3 is 0 Å². The first-order valence-corrected chi connectivity index (χ1v) is 3.35. The molecular formula is C7H9N3O2. The third-order valence-corrected chi connectivity index (χ3v) is 1.17. The van der Waals surface area contributed by atoms with Crippen LogP contribution < -0.4 is 16.0 Å². The van der Waals surface area contributed by atoms with E-state index in [2.05, 4.69) is 4.98 Å². The SMILES string of the molecule is NNC(=O)COc1cccnc1. The maximum Gasteiger partial charge on any atom is 0.271 e. The number of rotatable bonds is 3. The Morgan fingerprint density at radius 2 is 2.58 bits per heavy atom. The maximum absolute atomic E-state index is 10.6. The molecular weight excluding hydrogens is 158 g/mol. The summed E-state index contributed by atoms with van der Waals surface area (Å²) in [6.07, 6.45) is 3.14. The van der Waals surface area contributed by atoms with Crippen LogP contribution in [0.25, 0.3) is 0 Å². The highest BCUT2D eigenvalue weighted by molar-refractivity contribution is 5.76. The number of nitrogens with two attached hydrogens (primary N) is 1. The number of ether oxygens (including phenoxy) is 1. The second-order valence-corrected chi connectivity index (χ2v) is 2.04. The van der Waals surface area contributed by atoms with Crippen LogP contribution in [0, 0.1) is 0 Å². The molecule has 0 saturated heterocycles. The van der Waals surface area contributed by atoms with Gasteiger partial charge in [0.05, 0.1) is 6.20 Å². The number of nitrogens with zero attached hydrogens (tertiary/aromatic N) is 1. The monoisotopic (exact) mass is 167 g/mol. The van der Waals surface area contributed by atoms with Gasteiger partial charge in [0.1, 0.15) is 5.75 Å². The van der Waals surface area contributed by atoms with Crippen LogP contribution in [-0.4, -0.2) is 17.5 Å². The van der Waals surface area contributed by atoms with Crippen LogP contribution in [0.15, 0.2) is 24.5 Å². The number of hydrogen-bond acceptors (Lipinski definition) is 4. The number of carbonyl (C=O) groups excluding carboxylic acids is 1. The van der Waals surface area contributed by atoms with E-state index in [9.17, 15) is 4.79 Å². The highest BCUT2D eigenvalue weighted by Crippen LogP contribution is 2.04. The summed E-state index contributed by atoms with van der Waals surface area (Å²) in [6, 6.07) is 3.42. The molecule has 5 nitrogen and oxygen atoms in total. The van der Waals surface area contributed by atoms with Crippen molar-refractivity contribution >= 4 is 5.91 Å². The third-order valence-electron chi connectivity index (χ3n) is 1.17. The zero-order chi connectivity index (χ0) is 8.81. The van der Waals surface area contributed by atoms with Crippen LogP contribution in [0.4, 0.5) is 0 Å². The average Bonchev–Trinajstić information content (AvgIpc) is 2.16. The van der Waals surface area contributed by atoms with Crippen LogP contribution in [0.2, 0.25) is 0 Å². The van der Waals surface area contributed by atoms with Crippen molar-refractivity contribution in [3.8, 4) is 5.75 Å². The fourth-order valence-corrected chi connectivity index (χ4v) is 0.623. The van der Waals surface area contributed by atoms with Gasteiger partial charge in [-0.3, -0.25) is 15.2 Å². The fourth-order valence-electron chi connectivity index (χ4n) is 0.623. The van der Waals surface area contributed by atoms with Crippen molar-refractivity contribution in [2.45, 2.75) is 0 Å². The smallest absolute Gasteiger partial charge is 0.271 e. The van der Waals surface area contributed by atoms with E-state index >= 15 is 0 Å². The van der Waals surface area contributed by atoms with Crippen LogP contribution in [0.3, 0.4) is 0 Å². The second-order valence-electron chi connectivity index (χ2n) is 2.04. The number of amides is 1. The molecule has 0 radical (unpaired) electrons. The standard InChI is InChI=1S/C7H9N3O2/c8-10-7(11)5-12-6-2-1-3-9-4-6/h1-4H,5,8H2,(H,10,11). The topological polar surface area (TPSA) is 77.2 Å². The highest BCUT2D eigenvalue weighted by Gasteiger charge is 1.98. The van der Waals surface area contributed by atoms with E-state index in [1.165, 1.54) is 6.20 Å². The molecule has 0 spiro atoms. The number of hydrazine groups is 1. The summed E-state index contributed by atoms with van der Waals surface area (Å²) < 4.78 is 5.00. The van der Waals surface area contributed by atoms with Crippen molar-refractivity contribution in [1.82, 2.24) is 10.4 Å². The van der Waals surface area contributed by atoms with Crippen molar-refractivity contribution in [2.75, 3.05) is 6.61 Å². The Labute approximate surface area is 69.5 Å². The summed E-state index contributed by atoms with van der Waals surface area (Å²) in [5, 5.41) is 0. The quantitative estimate of drug-likeness (QED) is 0.360. The van der Waals surface area contributed by atoms with Gasteiger partial charge in [-0.15, -0.1) is 0 Å². The van der Waals surface area contributed by atoms with Crippen molar-refractivity contribution < 1.29 is 9.53 Å². The second kappa shape index (κ2) is 4.30. The molecule has 1 aromatic heterocycles. The van der Waals surface area contributed by atoms with Crippen LogP contribution in [0.5, 0.6) is 5.75 Å². The summed E-state index contributed by atoms with van der Waals surface area (Å²) in [5.74, 6) is 5.01. The van der Waals surface area contributed by atoms with E-state index in [0.717, 1.165) is 0 Å². The molecule has 1 rings (SSSR count). The molecule has 0 aliphatic carbocycles. The van der Waals surface area contributed by atoms with Gasteiger partial charge in [-0.1, -0.05) is 0 Å². The average molecular weight is 167 g/mol. The van der Waals surface area contributed by atoms with E-state index in [4.69, 9.17) is 10.6 Å². The molecule has 0 aliphatic heterocycles. The summed E-state index contributed by atoms with van der Waals surface area (Å²) in [6.45, 7) is -0.0950. The van der Waals surface area contributed by atoms with Crippen molar-refractivity contribution in [3.05, 3.63) is 24.5 Å². The predicted octanol–water partition coefficient (Wildman–Crippen LogP) is -0.550. The molecule has 3 N–H and O–H groups in total. The molecule has 0 aliphatic rings. The maximum atomic E-state index is 10.6. The molecule has 0 aromatic carbocycles. The number of carbonyl (C=O) groups is 1. The lowest BCUT2D eigenvalue weighted by Crippen LogP contribution is -2.34. The van der Waals surface area contributed by atoms with Gasteiger partial charge < -0.3 is 4.74 Å². The Kier molecular flexibility index (Phi) is 3.04. The first kappa shape index (κ1) is 8.48. The van der Waals surface area contributed by atoms with Gasteiger partial charge in [-0.05, 0) is 12.1 Å². The summed E-state index contributed by atoms with van der Waals surface area (Å²) >= 11 is 0. The molecule has 1 amide bonds. The number of pyridine rings is 1. The van der Waals surface area contributed by atoms with Gasteiger partial charge in [0.25, 0.3) is 5.91 Å². The molecule has 0 saturated carbocycles. The minimum atomic E-state index is -0.376. The van der Waals surface area contributed by atoms with Crippen molar-refractivity contribution in [2.24, 2.45) is 5.84 Å². The van der Waals surface area contributed by atoms with E-state index in [1.54, 1.807) is 18.3 Å². The molecule has 5 heteroatoms. The first-order chi connectivity index (χ1) is 5.83. The number of nitrogens with one attached hydrogen (secondary N) is 1.